The number of nitrogens with zero attached hydrogens (tertiary/aromatic N) is 3. The minimum Gasteiger partial charge on any atom is -0.334 e. The number of hydrogen-bond acceptors (Lipinski definition) is 5. The van der Waals surface area contributed by atoms with Gasteiger partial charge in [-0.25, -0.2) is 0 Å². The molecule has 2 heterocycles. The zero-order valence-corrected chi connectivity index (χ0v) is 11.1. The third-order valence-corrected chi connectivity index (χ3v) is 3.59. The van der Waals surface area contributed by atoms with E-state index in [1.165, 1.54) is 11.3 Å². The van der Waals surface area contributed by atoms with Crippen molar-refractivity contribution in [1.29, 1.82) is 0 Å². The van der Waals surface area contributed by atoms with Gasteiger partial charge in [0, 0.05) is 13.1 Å². The summed E-state index contributed by atoms with van der Waals surface area (Å²) in [6.07, 6.45) is 4.19. The Balaban J connectivity index is 1.93. The van der Waals surface area contributed by atoms with Crippen LogP contribution in [0.2, 0.25) is 0 Å². The van der Waals surface area contributed by atoms with Crippen molar-refractivity contribution in [3.05, 3.63) is 5.01 Å². The third-order valence-electron chi connectivity index (χ3n) is 2.83. The lowest BCUT2D eigenvalue weighted by Gasteiger charge is -2.18. The lowest BCUT2D eigenvalue weighted by atomic mass is 10.2. The predicted octanol–water partition coefficient (Wildman–Crippen LogP) is 1.19. The van der Waals surface area contributed by atoms with Crippen molar-refractivity contribution in [2.75, 3.05) is 18.4 Å². The molecule has 1 aliphatic heterocycles. The van der Waals surface area contributed by atoms with Gasteiger partial charge < -0.3 is 4.90 Å². The van der Waals surface area contributed by atoms with Crippen LogP contribution in [0, 0.1) is 6.92 Å². The van der Waals surface area contributed by atoms with Crippen LogP contribution in [0.5, 0.6) is 0 Å². The molecule has 0 spiro atoms. The van der Waals surface area contributed by atoms with Crippen molar-refractivity contribution < 1.29 is 9.59 Å². The number of amides is 2. The topological polar surface area (TPSA) is 75.2 Å². The summed E-state index contributed by atoms with van der Waals surface area (Å²) in [7, 11) is 0. The first-order chi connectivity index (χ1) is 8.66. The minimum atomic E-state index is -0.618. The van der Waals surface area contributed by atoms with Crippen LogP contribution in [0.3, 0.4) is 0 Å². The maximum absolute atomic E-state index is 11.9. The molecule has 1 aromatic heterocycles. The van der Waals surface area contributed by atoms with Gasteiger partial charge in [-0.05, 0) is 19.8 Å². The first-order valence-corrected chi connectivity index (χ1v) is 6.89. The average Bonchev–Trinajstić information content (AvgIpc) is 2.62. The van der Waals surface area contributed by atoms with Crippen molar-refractivity contribution in [1.82, 2.24) is 15.1 Å². The normalized spacial score (nSPS) is 16.2. The fraction of sp³-hybridized carbons (Fsp3) is 0.636. The Labute approximate surface area is 109 Å². The highest BCUT2D eigenvalue weighted by atomic mass is 32.1. The van der Waals surface area contributed by atoms with Gasteiger partial charge in [-0.1, -0.05) is 24.2 Å². The van der Waals surface area contributed by atoms with E-state index < -0.39 is 11.8 Å². The van der Waals surface area contributed by atoms with Gasteiger partial charge in [-0.2, -0.15) is 0 Å². The van der Waals surface area contributed by atoms with Crippen LogP contribution < -0.4 is 5.32 Å². The molecular weight excluding hydrogens is 252 g/mol. The van der Waals surface area contributed by atoms with Gasteiger partial charge in [0.15, 0.2) is 0 Å². The van der Waals surface area contributed by atoms with Crippen LogP contribution >= 0.6 is 11.3 Å². The molecule has 2 amide bonds. The largest absolute Gasteiger partial charge is 0.334 e. The molecule has 1 saturated heterocycles. The Kier molecular flexibility index (Phi) is 4.24. The molecule has 1 N–H and O–H groups in total. The van der Waals surface area contributed by atoms with Crippen LogP contribution in [0.15, 0.2) is 0 Å². The van der Waals surface area contributed by atoms with Gasteiger partial charge in [-0.3, -0.25) is 14.9 Å². The van der Waals surface area contributed by atoms with Gasteiger partial charge in [0.25, 0.3) is 0 Å². The second-order valence-corrected chi connectivity index (χ2v) is 5.47. The van der Waals surface area contributed by atoms with Gasteiger partial charge in [-0.15, -0.1) is 10.2 Å². The Morgan fingerprint density at radius 3 is 2.39 bits per heavy atom. The third kappa shape index (κ3) is 3.25. The first kappa shape index (κ1) is 12.9. The maximum atomic E-state index is 11.9. The van der Waals surface area contributed by atoms with E-state index >= 15 is 0 Å². The van der Waals surface area contributed by atoms with Crippen molar-refractivity contribution >= 4 is 28.3 Å². The zero-order valence-electron chi connectivity index (χ0n) is 10.3. The van der Waals surface area contributed by atoms with E-state index in [1.807, 2.05) is 0 Å². The van der Waals surface area contributed by atoms with E-state index in [0.29, 0.717) is 18.2 Å². The van der Waals surface area contributed by atoms with Crippen LogP contribution in [0.1, 0.15) is 30.7 Å². The first-order valence-electron chi connectivity index (χ1n) is 6.07. The van der Waals surface area contributed by atoms with E-state index in [0.717, 1.165) is 30.7 Å². The van der Waals surface area contributed by atoms with Crippen molar-refractivity contribution in [3.63, 3.8) is 0 Å². The van der Waals surface area contributed by atoms with E-state index in [9.17, 15) is 9.59 Å². The second kappa shape index (κ2) is 5.90. The van der Waals surface area contributed by atoms with Crippen molar-refractivity contribution in [3.8, 4) is 0 Å². The maximum Gasteiger partial charge on any atom is 0.315 e. The SMILES string of the molecule is Cc1nnc(NC(=O)C(=O)N2CCCCCC2)s1. The number of aryl methyl sites for hydroxylation is 1. The summed E-state index contributed by atoms with van der Waals surface area (Å²) >= 11 is 1.26. The van der Waals surface area contributed by atoms with E-state index in [4.69, 9.17) is 0 Å². The Morgan fingerprint density at radius 2 is 1.83 bits per heavy atom. The fourth-order valence-corrected chi connectivity index (χ4v) is 2.50. The van der Waals surface area contributed by atoms with Crippen molar-refractivity contribution in [2.45, 2.75) is 32.6 Å². The molecule has 1 fully saturated rings. The Morgan fingerprint density at radius 1 is 1.17 bits per heavy atom. The second-order valence-electron chi connectivity index (χ2n) is 4.29. The van der Waals surface area contributed by atoms with Crippen LogP contribution in [-0.2, 0) is 9.59 Å². The molecule has 0 aliphatic carbocycles. The number of likely N-dealkylation sites (tertiary alicyclic amines) is 1. The minimum absolute atomic E-state index is 0.376. The number of nitrogens with one attached hydrogen (secondary N) is 1. The smallest absolute Gasteiger partial charge is 0.315 e. The predicted molar refractivity (Wildman–Crippen MR) is 68.3 cm³/mol. The molecule has 18 heavy (non-hydrogen) atoms. The van der Waals surface area contributed by atoms with Gasteiger partial charge in [0.2, 0.25) is 5.13 Å². The lowest BCUT2D eigenvalue weighted by Crippen LogP contribution is -2.40. The zero-order chi connectivity index (χ0) is 13.0. The van der Waals surface area contributed by atoms with Gasteiger partial charge in [0.1, 0.15) is 5.01 Å². The van der Waals surface area contributed by atoms with Crippen LogP contribution in [0.25, 0.3) is 0 Å². The highest BCUT2D eigenvalue weighted by molar-refractivity contribution is 7.15. The molecule has 0 bridgehead atoms. The van der Waals surface area contributed by atoms with Gasteiger partial charge in [0.05, 0.1) is 0 Å². The number of carbonyl (C=O) groups excluding carboxylic acids is 2. The lowest BCUT2D eigenvalue weighted by molar-refractivity contribution is -0.143. The standard InChI is InChI=1S/C11H16N4O2S/c1-8-13-14-11(18-8)12-9(16)10(17)15-6-4-2-3-5-7-15/h2-7H2,1H3,(H,12,14,16). The Bertz CT molecular complexity index is 438. The van der Waals surface area contributed by atoms with Crippen molar-refractivity contribution in [2.24, 2.45) is 0 Å². The monoisotopic (exact) mass is 268 g/mol. The molecule has 0 radical (unpaired) electrons. The number of rotatable bonds is 1. The molecule has 1 aliphatic rings. The molecule has 6 nitrogen and oxygen atoms in total. The number of aromatic nitrogens is 2. The molecule has 1 aromatic rings. The summed E-state index contributed by atoms with van der Waals surface area (Å²) in [5, 5.41) is 11.2. The molecule has 2 rings (SSSR count). The van der Waals surface area contributed by atoms with Crippen LogP contribution in [0.4, 0.5) is 5.13 Å². The quantitative estimate of drug-likeness (QED) is 0.776. The molecule has 7 heteroatoms. The number of hydrogen-bond donors (Lipinski definition) is 1. The molecule has 0 atom stereocenters. The number of carbonyl (C=O) groups is 2. The summed E-state index contributed by atoms with van der Waals surface area (Å²) in [4.78, 5) is 25.3. The summed E-state index contributed by atoms with van der Waals surface area (Å²) < 4.78 is 0. The highest BCUT2D eigenvalue weighted by Crippen LogP contribution is 2.14. The summed E-state index contributed by atoms with van der Waals surface area (Å²) in [6, 6.07) is 0. The molecule has 0 saturated carbocycles. The number of anilines is 1. The molecule has 98 valence electrons. The molecular formula is C11H16N4O2S. The van der Waals surface area contributed by atoms with Crippen LogP contribution in [-0.4, -0.2) is 40.0 Å². The summed E-state index contributed by atoms with van der Waals surface area (Å²) in [6.45, 7) is 3.13. The molecule has 0 aromatic carbocycles. The summed E-state index contributed by atoms with van der Waals surface area (Å²) in [5.41, 5.74) is 0. The highest BCUT2D eigenvalue weighted by Gasteiger charge is 2.23. The van der Waals surface area contributed by atoms with E-state index in [2.05, 4.69) is 15.5 Å². The Hall–Kier alpha value is -1.50. The summed E-state index contributed by atoms with van der Waals surface area (Å²) in [5.74, 6) is -1.09. The fourth-order valence-electron chi connectivity index (χ4n) is 1.92. The van der Waals surface area contributed by atoms with Gasteiger partial charge >= 0.3 is 11.8 Å². The van der Waals surface area contributed by atoms with E-state index in [-0.39, 0.29) is 0 Å². The average molecular weight is 268 g/mol. The molecule has 0 unspecified atom stereocenters. The van der Waals surface area contributed by atoms with E-state index in [1.54, 1.807) is 11.8 Å².